The van der Waals surface area contributed by atoms with Crippen molar-refractivity contribution >= 4 is 11.7 Å². The summed E-state index contributed by atoms with van der Waals surface area (Å²) in [5.74, 6) is -0.764. The van der Waals surface area contributed by atoms with E-state index < -0.39 is 5.91 Å². The number of nitrogens with two attached hydrogens (primary N) is 1. The molecule has 0 aromatic heterocycles. The Labute approximate surface area is 121 Å². The molecule has 0 aliphatic carbocycles. The zero-order valence-electron chi connectivity index (χ0n) is 11.4. The Balaban J connectivity index is 2.01. The van der Waals surface area contributed by atoms with Gasteiger partial charge in [-0.15, -0.1) is 0 Å². The highest BCUT2D eigenvalue weighted by Gasteiger charge is 2.26. The summed E-state index contributed by atoms with van der Waals surface area (Å²) in [4.78, 5) is 15.8. The van der Waals surface area contributed by atoms with Gasteiger partial charge in [-0.3, -0.25) is 9.69 Å². The van der Waals surface area contributed by atoms with E-state index in [4.69, 9.17) is 10.9 Å². The highest BCUT2D eigenvalue weighted by molar-refractivity contribution is 5.99. The fraction of sp³-hybridized carbons (Fsp3) is 0.385. The van der Waals surface area contributed by atoms with E-state index >= 15 is 0 Å². The van der Waals surface area contributed by atoms with Crippen LogP contribution >= 0.6 is 0 Å². The van der Waals surface area contributed by atoms with Crippen molar-refractivity contribution in [3.8, 4) is 11.5 Å². The van der Waals surface area contributed by atoms with Crippen LogP contribution in [0.25, 0.3) is 0 Å². The Morgan fingerprint density at radius 3 is 2.29 bits per heavy atom. The highest BCUT2D eigenvalue weighted by atomic mass is 16.4. The number of phenols is 2. The van der Waals surface area contributed by atoms with Crippen molar-refractivity contribution in [2.75, 3.05) is 32.7 Å². The number of amides is 1. The van der Waals surface area contributed by atoms with Crippen LogP contribution in [0.1, 0.15) is 10.4 Å². The molecule has 1 aromatic rings. The smallest absolute Gasteiger partial charge is 0.261 e. The first-order valence-corrected chi connectivity index (χ1v) is 6.52. The summed E-state index contributed by atoms with van der Waals surface area (Å²) in [5.41, 5.74) is 5.36. The molecule has 0 saturated carbocycles. The van der Waals surface area contributed by atoms with Gasteiger partial charge in [0.25, 0.3) is 5.91 Å². The quantitative estimate of drug-likeness (QED) is 0.260. The van der Waals surface area contributed by atoms with E-state index in [1.54, 1.807) is 4.90 Å². The van der Waals surface area contributed by atoms with Crippen LogP contribution in [-0.2, 0) is 0 Å². The third kappa shape index (κ3) is 3.34. The van der Waals surface area contributed by atoms with Crippen molar-refractivity contribution in [1.82, 2.24) is 9.80 Å². The molecule has 1 aliphatic rings. The average Bonchev–Trinajstić information content (AvgIpc) is 2.47. The van der Waals surface area contributed by atoms with Gasteiger partial charge in [-0.25, -0.2) is 0 Å². The molecule has 5 N–H and O–H groups in total. The first-order chi connectivity index (χ1) is 10.0. The molecule has 0 spiro atoms. The minimum Gasteiger partial charge on any atom is -0.507 e. The second kappa shape index (κ2) is 6.31. The SMILES string of the molecule is N/C(CN1CCN(C(=O)c2c(O)cccc2O)CC1)=N/O. The third-order valence-electron chi connectivity index (χ3n) is 3.41. The van der Waals surface area contributed by atoms with E-state index in [0.29, 0.717) is 32.7 Å². The normalized spacial score (nSPS) is 17.0. The number of benzene rings is 1. The van der Waals surface area contributed by atoms with Crippen molar-refractivity contribution in [3.63, 3.8) is 0 Å². The van der Waals surface area contributed by atoms with Crippen LogP contribution in [0.2, 0.25) is 0 Å². The molecule has 8 nitrogen and oxygen atoms in total. The topological polar surface area (TPSA) is 123 Å². The summed E-state index contributed by atoms with van der Waals surface area (Å²) >= 11 is 0. The second-order valence-electron chi connectivity index (χ2n) is 4.83. The Bertz CT molecular complexity index is 533. The number of hydrogen-bond acceptors (Lipinski definition) is 6. The maximum Gasteiger partial charge on any atom is 0.261 e. The van der Waals surface area contributed by atoms with E-state index in [2.05, 4.69) is 5.16 Å². The molecule has 1 aromatic carbocycles. The molecule has 1 aliphatic heterocycles. The molecule has 2 rings (SSSR count). The van der Waals surface area contributed by atoms with Gasteiger partial charge in [-0.05, 0) is 12.1 Å². The van der Waals surface area contributed by atoms with Crippen molar-refractivity contribution in [2.45, 2.75) is 0 Å². The number of piperazine rings is 1. The zero-order chi connectivity index (χ0) is 15.4. The van der Waals surface area contributed by atoms with Gasteiger partial charge >= 0.3 is 0 Å². The standard InChI is InChI=1S/C13H18N4O4/c14-11(15-21)8-16-4-6-17(7-5-16)13(20)12-9(18)2-1-3-10(12)19/h1-3,18-19,21H,4-8H2,(H2,14,15). The van der Waals surface area contributed by atoms with Crippen LogP contribution in [0.3, 0.4) is 0 Å². The van der Waals surface area contributed by atoms with Crippen LogP contribution in [-0.4, -0.2) is 69.7 Å². The molecule has 0 atom stereocenters. The van der Waals surface area contributed by atoms with Gasteiger partial charge < -0.3 is 26.1 Å². The van der Waals surface area contributed by atoms with Crippen LogP contribution in [0.4, 0.5) is 0 Å². The number of hydrogen-bond donors (Lipinski definition) is 4. The fourth-order valence-corrected chi connectivity index (χ4v) is 2.28. The lowest BCUT2D eigenvalue weighted by atomic mass is 10.1. The molecule has 0 unspecified atom stereocenters. The second-order valence-corrected chi connectivity index (χ2v) is 4.83. The fourth-order valence-electron chi connectivity index (χ4n) is 2.28. The van der Waals surface area contributed by atoms with Crippen LogP contribution in [0.5, 0.6) is 11.5 Å². The molecular weight excluding hydrogens is 276 g/mol. The monoisotopic (exact) mass is 294 g/mol. The molecular formula is C13H18N4O4. The number of rotatable bonds is 3. The Kier molecular flexibility index (Phi) is 4.49. The highest BCUT2D eigenvalue weighted by Crippen LogP contribution is 2.27. The lowest BCUT2D eigenvalue weighted by Crippen LogP contribution is -2.50. The first-order valence-electron chi connectivity index (χ1n) is 6.52. The minimum atomic E-state index is -0.408. The first kappa shape index (κ1) is 14.9. The van der Waals surface area contributed by atoms with E-state index in [-0.39, 0.29) is 22.9 Å². The molecule has 1 amide bonds. The maximum atomic E-state index is 12.3. The van der Waals surface area contributed by atoms with Gasteiger partial charge in [-0.2, -0.15) is 0 Å². The zero-order valence-corrected chi connectivity index (χ0v) is 11.4. The van der Waals surface area contributed by atoms with Gasteiger partial charge in [-0.1, -0.05) is 11.2 Å². The number of carbonyl (C=O) groups is 1. The number of oxime groups is 1. The van der Waals surface area contributed by atoms with Crippen molar-refractivity contribution < 1.29 is 20.2 Å². The Morgan fingerprint density at radius 1 is 1.19 bits per heavy atom. The lowest BCUT2D eigenvalue weighted by Gasteiger charge is -2.34. The maximum absolute atomic E-state index is 12.3. The van der Waals surface area contributed by atoms with Gasteiger partial charge in [0.05, 0.1) is 6.54 Å². The third-order valence-corrected chi connectivity index (χ3v) is 3.41. The largest absolute Gasteiger partial charge is 0.507 e. The lowest BCUT2D eigenvalue weighted by molar-refractivity contribution is 0.0647. The summed E-state index contributed by atoms with van der Waals surface area (Å²) < 4.78 is 0. The molecule has 21 heavy (non-hydrogen) atoms. The molecule has 114 valence electrons. The van der Waals surface area contributed by atoms with E-state index in [9.17, 15) is 15.0 Å². The van der Waals surface area contributed by atoms with Crippen molar-refractivity contribution in [3.05, 3.63) is 23.8 Å². The van der Waals surface area contributed by atoms with Gasteiger partial charge in [0.15, 0.2) is 5.84 Å². The van der Waals surface area contributed by atoms with E-state index in [0.717, 1.165) is 0 Å². The summed E-state index contributed by atoms with van der Waals surface area (Å²) in [6.45, 7) is 2.34. The number of aromatic hydroxyl groups is 2. The number of nitrogens with zero attached hydrogens (tertiary/aromatic N) is 3. The predicted molar refractivity (Wildman–Crippen MR) is 75.5 cm³/mol. The molecule has 1 heterocycles. The minimum absolute atomic E-state index is 0.0811. The molecule has 1 fully saturated rings. The van der Waals surface area contributed by atoms with Crippen LogP contribution in [0, 0.1) is 0 Å². The number of carbonyl (C=O) groups excluding carboxylic acids is 1. The van der Waals surface area contributed by atoms with Crippen LogP contribution in [0.15, 0.2) is 23.4 Å². The van der Waals surface area contributed by atoms with Crippen molar-refractivity contribution in [2.24, 2.45) is 10.9 Å². The van der Waals surface area contributed by atoms with E-state index in [1.807, 2.05) is 4.90 Å². The number of phenolic OH excluding ortho intramolecular Hbond substituents is 2. The summed E-state index contributed by atoms with van der Waals surface area (Å²) in [7, 11) is 0. The Morgan fingerprint density at radius 2 is 1.76 bits per heavy atom. The summed E-state index contributed by atoms with van der Waals surface area (Å²) in [6, 6.07) is 4.19. The summed E-state index contributed by atoms with van der Waals surface area (Å²) in [5, 5.41) is 30.9. The van der Waals surface area contributed by atoms with Gasteiger partial charge in [0.2, 0.25) is 0 Å². The van der Waals surface area contributed by atoms with Gasteiger partial charge in [0, 0.05) is 26.2 Å². The Hall–Kier alpha value is -2.48. The van der Waals surface area contributed by atoms with Crippen LogP contribution < -0.4 is 5.73 Å². The predicted octanol–water partition coefficient (Wildman–Crippen LogP) is -0.398. The molecule has 0 radical (unpaired) electrons. The van der Waals surface area contributed by atoms with E-state index in [1.165, 1.54) is 18.2 Å². The van der Waals surface area contributed by atoms with Gasteiger partial charge in [0.1, 0.15) is 17.1 Å². The number of amidine groups is 1. The van der Waals surface area contributed by atoms with Crippen molar-refractivity contribution in [1.29, 1.82) is 0 Å². The molecule has 8 heteroatoms. The average molecular weight is 294 g/mol. The summed E-state index contributed by atoms with van der Waals surface area (Å²) in [6.07, 6.45) is 0. The molecule has 1 saturated heterocycles. The molecule has 0 bridgehead atoms.